The van der Waals surface area contributed by atoms with E-state index in [0.717, 1.165) is 19.6 Å². The van der Waals surface area contributed by atoms with Gasteiger partial charge < -0.3 is 10.2 Å². The number of hydrogen-bond donors (Lipinski definition) is 1. The maximum Gasteiger partial charge on any atom is 0.256 e. The van der Waals surface area contributed by atoms with Crippen molar-refractivity contribution in [3.8, 4) is 0 Å². The summed E-state index contributed by atoms with van der Waals surface area (Å²) in [5.74, 6) is 0.606. The number of nitrogens with zero attached hydrogens (tertiary/aromatic N) is 1. The maximum atomic E-state index is 12.4. The normalized spacial score (nSPS) is 27.3. The van der Waals surface area contributed by atoms with Crippen molar-refractivity contribution in [2.45, 2.75) is 18.9 Å². The molecule has 3 heterocycles. The SMILES string of the molecule is O=C(c1cc(Cl)sc1Cl)N1CC2CCCNC2C1. The van der Waals surface area contributed by atoms with Gasteiger partial charge in [0, 0.05) is 19.1 Å². The molecule has 18 heavy (non-hydrogen) atoms. The molecule has 2 fully saturated rings. The second kappa shape index (κ2) is 5.00. The Balaban J connectivity index is 1.76. The molecule has 3 nitrogen and oxygen atoms in total. The van der Waals surface area contributed by atoms with E-state index >= 15 is 0 Å². The fourth-order valence-electron chi connectivity index (χ4n) is 2.87. The number of carbonyl (C=O) groups is 1. The van der Waals surface area contributed by atoms with E-state index in [1.165, 1.54) is 24.2 Å². The average molecular weight is 305 g/mol. The molecule has 0 aliphatic carbocycles. The topological polar surface area (TPSA) is 32.3 Å². The summed E-state index contributed by atoms with van der Waals surface area (Å²) in [6, 6.07) is 2.13. The lowest BCUT2D eigenvalue weighted by Crippen LogP contribution is -2.41. The van der Waals surface area contributed by atoms with Crippen LogP contribution in [-0.2, 0) is 0 Å². The van der Waals surface area contributed by atoms with Gasteiger partial charge in [-0.3, -0.25) is 4.79 Å². The summed E-state index contributed by atoms with van der Waals surface area (Å²) in [6.45, 7) is 2.68. The number of amides is 1. The van der Waals surface area contributed by atoms with Crippen LogP contribution in [-0.4, -0.2) is 36.5 Å². The van der Waals surface area contributed by atoms with Gasteiger partial charge in [0.1, 0.15) is 4.34 Å². The molecule has 98 valence electrons. The van der Waals surface area contributed by atoms with Crippen LogP contribution in [0.5, 0.6) is 0 Å². The summed E-state index contributed by atoms with van der Waals surface area (Å²) in [7, 11) is 0. The molecule has 0 aromatic carbocycles. The molecule has 0 radical (unpaired) electrons. The van der Waals surface area contributed by atoms with E-state index in [4.69, 9.17) is 23.2 Å². The third-order valence-corrected chi connectivity index (χ3v) is 5.26. The Morgan fingerprint density at radius 2 is 2.28 bits per heavy atom. The van der Waals surface area contributed by atoms with Gasteiger partial charge in [-0.15, -0.1) is 11.3 Å². The van der Waals surface area contributed by atoms with E-state index < -0.39 is 0 Å². The number of fused-ring (bicyclic) bond motifs is 1. The van der Waals surface area contributed by atoms with Gasteiger partial charge in [-0.05, 0) is 31.4 Å². The Bertz CT molecular complexity index is 463. The van der Waals surface area contributed by atoms with Crippen molar-refractivity contribution < 1.29 is 4.79 Å². The van der Waals surface area contributed by atoms with E-state index in [1.807, 2.05) is 4.90 Å². The molecule has 1 amide bonds. The maximum absolute atomic E-state index is 12.4. The van der Waals surface area contributed by atoms with Crippen molar-refractivity contribution in [3.05, 3.63) is 20.3 Å². The molecule has 6 heteroatoms. The molecule has 1 aromatic rings. The van der Waals surface area contributed by atoms with Crippen molar-refractivity contribution in [1.29, 1.82) is 0 Å². The number of halogens is 2. The highest BCUT2D eigenvalue weighted by Gasteiger charge is 2.37. The van der Waals surface area contributed by atoms with Crippen LogP contribution >= 0.6 is 34.5 Å². The predicted octanol–water partition coefficient (Wildman–Crippen LogP) is 2.88. The van der Waals surface area contributed by atoms with Crippen LogP contribution < -0.4 is 5.32 Å². The van der Waals surface area contributed by atoms with E-state index in [0.29, 0.717) is 26.2 Å². The molecule has 2 atom stereocenters. The molecular formula is C12H14Cl2N2OS. The second-order valence-electron chi connectivity index (χ2n) is 4.91. The summed E-state index contributed by atoms with van der Waals surface area (Å²) in [4.78, 5) is 14.3. The molecule has 2 saturated heterocycles. The Hall–Kier alpha value is -0.290. The molecule has 0 bridgehead atoms. The summed E-state index contributed by atoms with van der Waals surface area (Å²) in [6.07, 6.45) is 2.41. The summed E-state index contributed by atoms with van der Waals surface area (Å²) < 4.78 is 1.06. The smallest absolute Gasteiger partial charge is 0.256 e. The van der Waals surface area contributed by atoms with Crippen molar-refractivity contribution in [2.24, 2.45) is 5.92 Å². The number of rotatable bonds is 1. The van der Waals surface area contributed by atoms with E-state index in [2.05, 4.69) is 5.32 Å². The standard InChI is InChI=1S/C12H14Cl2N2OS/c13-10-4-8(11(14)18-10)12(17)16-5-7-2-1-3-15-9(7)6-16/h4,7,9,15H,1-3,5-6H2. The van der Waals surface area contributed by atoms with Crippen LogP contribution in [0.3, 0.4) is 0 Å². The van der Waals surface area contributed by atoms with E-state index in [9.17, 15) is 4.79 Å². The van der Waals surface area contributed by atoms with E-state index in [1.54, 1.807) is 6.07 Å². The molecule has 1 aromatic heterocycles. The predicted molar refractivity (Wildman–Crippen MR) is 74.8 cm³/mol. The minimum absolute atomic E-state index is 0.0133. The molecule has 2 aliphatic rings. The first-order valence-electron chi connectivity index (χ1n) is 6.12. The third kappa shape index (κ3) is 2.27. The summed E-state index contributed by atoms with van der Waals surface area (Å²) >= 11 is 13.2. The lowest BCUT2D eigenvalue weighted by Gasteiger charge is -2.24. The quantitative estimate of drug-likeness (QED) is 0.865. The van der Waals surface area contributed by atoms with Crippen LogP contribution in [0.4, 0.5) is 0 Å². The highest BCUT2D eigenvalue weighted by atomic mass is 35.5. The van der Waals surface area contributed by atoms with Crippen LogP contribution in [0.1, 0.15) is 23.2 Å². The number of carbonyl (C=O) groups excluding carboxylic acids is 1. The number of nitrogens with one attached hydrogen (secondary N) is 1. The third-order valence-electron chi connectivity index (χ3n) is 3.77. The van der Waals surface area contributed by atoms with E-state index in [-0.39, 0.29) is 5.91 Å². The van der Waals surface area contributed by atoms with Crippen molar-refractivity contribution in [2.75, 3.05) is 19.6 Å². The lowest BCUT2D eigenvalue weighted by atomic mass is 9.94. The Morgan fingerprint density at radius 3 is 2.94 bits per heavy atom. The summed E-state index contributed by atoms with van der Waals surface area (Å²) in [5, 5.41) is 3.49. The highest BCUT2D eigenvalue weighted by Crippen LogP contribution is 2.33. The largest absolute Gasteiger partial charge is 0.337 e. The van der Waals surface area contributed by atoms with Crippen molar-refractivity contribution in [3.63, 3.8) is 0 Å². The Morgan fingerprint density at radius 1 is 1.44 bits per heavy atom. The molecule has 1 N–H and O–H groups in total. The first-order valence-corrected chi connectivity index (χ1v) is 7.70. The number of thiophene rings is 1. The molecule has 0 spiro atoms. The number of likely N-dealkylation sites (tertiary alicyclic amines) is 1. The van der Waals surface area contributed by atoms with Crippen LogP contribution in [0, 0.1) is 5.92 Å². The highest BCUT2D eigenvalue weighted by molar-refractivity contribution is 7.20. The van der Waals surface area contributed by atoms with Gasteiger partial charge >= 0.3 is 0 Å². The van der Waals surface area contributed by atoms with Gasteiger partial charge in [0.15, 0.2) is 0 Å². The molecule has 3 rings (SSSR count). The van der Waals surface area contributed by atoms with Crippen LogP contribution in [0.25, 0.3) is 0 Å². The fourth-order valence-corrected chi connectivity index (χ4v) is 4.32. The zero-order valence-electron chi connectivity index (χ0n) is 9.79. The van der Waals surface area contributed by atoms with Crippen LogP contribution in [0.2, 0.25) is 8.67 Å². The average Bonchev–Trinajstić information content (AvgIpc) is 2.91. The zero-order chi connectivity index (χ0) is 12.7. The minimum atomic E-state index is 0.0133. The van der Waals surface area contributed by atoms with Gasteiger partial charge in [-0.2, -0.15) is 0 Å². The Kier molecular flexibility index (Phi) is 3.54. The number of hydrogen-bond acceptors (Lipinski definition) is 3. The molecule has 0 saturated carbocycles. The fraction of sp³-hybridized carbons (Fsp3) is 0.583. The zero-order valence-corrected chi connectivity index (χ0v) is 12.1. The van der Waals surface area contributed by atoms with Gasteiger partial charge in [-0.25, -0.2) is 0 Å². The van der Waals surface area contributed by atoms with Gasteiger partial charge in [0.25, 0.3) is 5.91 Å². The summed E-state index contributed by atoms with van der Waals surface area (Å²) in [5.41, 5.74) is 0.547. The lowest BCUT2D eigenvalue weighted by molar-refractivity contribution is 0.0786. The molecular weight excluding hydrogens is 291 g/mol. The first-order chi connectivity index (χ1) is 8.65. The van der Waals surface area contributed by atoms with Gasteiger partial charge in [0.2, 0.25) is 0 Å². The molecule has 2 unspecified atom stereocenters. The van der Waals surface area contributed by atoms with Crippen molar-refractivity contribution in [1.82, 2.24) is 10.2 Å². The number of piperidine rings is 1. The van der Waals surface area contributed by atoms with Gasteiger partial charge in [0.05, 0.1) is 9.90 Å². The second-order valence-corrected chi connectivity index (χ2v) is 7.20. The van der Waals surface area contributed by atoms with Gasteiger partial charge in [-0.1, -0.05) is 23.2 Å². The minimum Gasteiger partial charge on any atom is -0.337 e. The monoisotopic (exact) mass is 304 g/mol. The first kappa shape index (κ1) is 12.7. The van der Waals surface area contributed by atoms with Crippen LogP contribution in [0.15, 0.2) is 6.07 Å². The Labute approximate surface area is 120 Å². The molecule has 2 aliphatic heterocycles. The van der Waals surface area contributed by atoms with Crippen molar-refractivity contribution >= 4 is 40.4 Å².